The minimum Gasteiger partial charge on any atom is -0.481 e. The smallest absolute Gasteiger partial charge is 0.309 e. The number of halogens is 1. The SMILES string of the molecule is Cc1cc(NC(=O)CC(C)(C)C(=O)O)ccc1Br. The third-order valence-corrected chi connectivity index (χ3v) is 3.51. The van der Waals surface area contributed by atoms with E-state index in [-0.39, 0.29) is 12.3 Å². The summed E-state index contributed by atoms with van der Waals surface area (Å²) >= 11 is 3.37. The van der Waals surface area contributed by atoms with Crippen LogP contribution >= 0.6 is 15.9 Å². The third-order valence-electron chi connectivity index (χ3n) is 2.62. The highest BCUT2D eigenvalue weighted by molar-refractivity contribution is 9.10. The van der Waals surface area contributed by atoms with Crippen LogP contribution < -0.4 is 5.32 Å². The zero-order valence-electron chi connectivity index (χ0n) is 10.6. The number of anilines is 1. The quantitative estimate of drug-likeness (QED) is 0.897. The molecule has 0 radical (unpaired) electrons. The largest absolute Gasteiger partial charge is 0.481 e. The van der Waals surface area contributed by atoms with Crippen LogP contribution in [-0.4, -0.2) is 17.0 Å². The second kappa shape index (κ2) is 5.52. The van der Waals surface area contributed by atoms with E-state index in [4.69, 9.17) is 5.11 Å². The molecule has 0 atom stereocenters. The zero-order valence-corrected chi connectivity index (χ0v) is 12.2. The summed E-state index contributed by atoms with van der Waals surface area (Å²) in [5, 5.41) is 11.6. The summed E-state index contributed by atoms with van der Waals surface area (Å²) in [6.45, 7) is 4.98. The Morgan fingerprint density at radius 3 is 2.50 bits per heavy atom. The molecule has 4 nitrogen and oxygen atoms in total. The highest BCUT2D eigenvalue weighted by Crippen LogP contribution is 2.23. The second-order valence-corrected chi connectivity index (χ2v) is 5.73. The van der Waals surface area contributed by atoms with E-state index >= 15 is 0 Å². The van der Waals surface area contributed by atoms with Crippen molar-refractivity contribution < 1.29 is 14.7 Å². The van der Waals surface area contributed by atoms with Crippen molar-refractivity contribution in [1.82, 2.24) is 0 Å². The topological polar surface area (TPSA) is 66.4 Å². The predicted molar refractivity (Wildman–Crippen MR) is 73.5 cm³/mol. The van der Waals surface area contributed by atoms with Gasteiger partial charge in [-0.1, -0.05) is 15.9 Å². The molecule has 0 spiro atoms. The molecule has 1 aromatic carbocycles. The van der Waals surface area contributed by atoms with Gasteiger partial charge < -0.3 is 10.4 Å². The number of aliphatic carboxylic acids is 1. The van der Waals surface area contributed by atoms with Crippen molar-refractivity contribution in [3.8, 4) is 0 Å². The Balaban J connectivity index is 2.71. The summed E-state index contributed by atoms with van der Waals surface area (Å²) < 4.78 is 0.964. The van der Waals surface area contributed by atoms with Crippen LogP contribution in [0.15, 0.2) is 22.7 Å². The average Bonchev–Trinajstić information content (AvgIpc) is 2.22. The minimum absolute atomic E-state index is 0.0581. The van der Waals surface area contributed by atoms with E-state index in [2.05, 4.69) is 21.2 Å². The molecule has 0 bridgehead atoms. The van der Waals surface area contributed by atoms with E-state index in [9.17, 15) is 9.59 Å². The molecule has 0 aromatic heterocycles. The molecule has 0 saturated heterocycles. The first kappa shape index (κ1) is 14.7. The van der Waals surface area contributed by atoms with E-state index < -0.39 is 11.4 Å². The maximum atomic E-state index is 11.7. The Labute approximate surface area is 115 Å². The summed E-state index contributed by atoms with van der Waals surface area (Å²) in [6, 6.07) is 5.44. The number of benzene rings is 1. The fourth-order valence-corrected chi connectivity index (χ4v) is 1.65. The van der Waals surface area contributed by atoms with Crippen LogP contribution in [0.5, 0.6) is 0 Å². The van der Waals surface area contributed by atoms with Crippen molar-refractivity contribution in [1.29, 1.82) is 0 Å². The minimum atomic E-state index is -1.06. The first-order chi connectivity index (χ1) is 8.22. The molecule has 0 saturated carbocycles. The standard InChI is InChI=1S/C13H16BrNO3/c1-8-6-9(4-5-10(8)14)15-11(16)7-13(2,3)12(17)18/h4-6H,7H2,1-3H3,(H,15,16)(H,17,18). The van der Waals surface area contributed by atoms with Gasteiger partial charge in [-0.05, 0) is 44.5 Å². The molecule has 18 heavy (non-hydrogen) atoms. The van der Waals surface area contributed by atoms with Crippen molar-refractivity contribution in [2.24, 2.45) is 5.41 Å². The number of hydrogen-bond donors (Lipinski definition) is 2. The third kappa shape index (κ3) is 3.84. The molecule has 2 N–H and O–H groups in total. The highest BCUT2D eigenvalue weighted by atomic mass is 79.9. The van der Waals surface area contributed by atoms with Gasteiger partial charge in [-0.25, -0.2) is 0 Å². The molecule has 1 amide bonds. The van der Waals surface area contributed by atoms with Crippen LogP contribution in [-0.2, 0) is 9.59 Å². The Bertz CT molecular complexity index is 483. The van der Waals surface area contributed by atoms with Gasteiger partial charge in [0.1, 0.15) is 0 Å². The van der Waals surface area contributed by atoms with Crippen LogP contribution in [0.25, 0.3) is 0 Å². The van der Waals surface area contributed by atoms with Gasteiger partial charge in [0.05, 0.1) is 5.41 Å². The predicted octanol–water partition coefficient (Wildman–Crippen LogP) is 3.20. The Kier molecular flexibility index (Phi) is 4.51. The molecular formula is C13H16BrNO3. The fraction of sp³-hybridized carbons (Fsp3) is 0.385. The van der Waals surface area contributed by atoms with Crippen molar-refractivity contribution >= 4 is 33.5 Å². The van der Waals surface area contributed by atoms with Gasteiger partial charge in [-0.3, -0.25) is 9.59 Å². The first-order valence-corrected chi connectivity index (χ1v) is 6.31. The van der Waals surface area contributed by atoms with Gasteiger partial charge in [0.25, 0.3) is 0 Å². The van der Waals surface area contributed by atoms with Crippen LogP contribution in [0.1, 0.15) is 25.8 Å². The van der Waals surface area contributed by atoms with E-state index in [1.807, 2.05) is 19.1 Å². The lowest BCUT2D eigenvalue weighted by atomic mass is 9.89. The molecule has 0 heterocycles. The average molecular weight is 314 g/mol. The van der Waals surface area contributed by atoms with Gasteiger partial charge in [0.15, 0.2) is 0 Å². The monoisotopic (exact) mass is 313 g/mol. The van der Waals surface area contributed by atoms with Crippen molar-refractivity contribution in [3.63, 3.8) is 0 Å². The van der Waals surface area contributed by atoms with Crippen LogP contribution in [0.2, 0.25) is 0 Å². The summed E-state index contributed by atoms with van der Waals surface area (Å²) in [6.07, 6.45) is -0.0581. The van der Waals surface area contributed by atoms with E-state index in [0.717, 1.165) is 10.0 Å². The summed E-state index contributed by atoms with van der Waals surface area (Å²) in [4.78, 5) is 22.7. The number of carboxylic acids is 1. The first-order valence-electron chi connectivity index (χ1n) is 5.52. The van der Waals surface area contributed by atoms with Crippen molar-refractivity contribution in [3.05, 3.63) is 28.2 Å². The van der Waals surface area contributed by atoms with E-state index in [1.165, 1.54) is 13.8 Å². The molecule has 1 aromatic rings. The van der Waals surface area contributed by atoms with Gasteiger partial charge in [0, 0.05) is 16.6 Å². The molecule has 1 rings (SSSR count). The number of carbonyl (C=O) groups excluding carboxylic acids is 1. The second-order valence-electron chi connectivity index (χ2n) is 4.88. The van der Waals surface area contributed by atoms with E-state index in [0.29, 0.717) is 5.69 Å². The number of hydrogen-bond acceptors (Lipinski definition) is 2. The molecule has 0 aliphatic rings. The number of aryl methyl sites for hydroxylation is 1. The van der Waals surface area contributed by atoms with Gasteiger partial charge in [-0.15, -0.1) is 0 Å². The Morgan fingerprint density at radius 2 is 2.00 bits per heavy atom. The molecule has 0 aliphatic carbocycles. The molecular weight excluding hydrogens is 298 g/mol. The normalized spacial score (nSPS) is 11.1. The van der Waals surface area contributed by atoms with E-state index in [1.54, 1.807) is 6.07 Å². The molecule has 98 valence electrons. The van der Waals surface area contributed by atoms with Gasteiger partial charge >= 0.3 is 5.97 Å². The number of nitrogens with one attached hydrogen (secondary N) is 1. The number of amides is 1. The van der Waals surface area contributed by atoms with Crippen molar-refractivity contribution in [2.75, 3.05) is 5.32 Å². The number of carboxylic acid groups (broad SMARTS) is 1. The van der Waals surface area contributed by atoms with Crippen molar-refractivity contribution in [2.45, 2.75) is 27.2 Å². The maximum Gasteiger partial charge on any atom is 0.309 e. The highest BCUT2D eigenvalue weighted by Gasteiger charge is 2.30. The number of rotatable bonds is 4. The van der Waals surface area contributed by atoms with Gasteiger partial charge in [0.2, 0.25) is 5.91 Å². The molecule has 0 aliphatic heterocycles. The lowest BCUT2D eigenvalue weighted by Gasteiger charge is -2.18. The zero-order chi connectivity index (χ0) is 13.9. The van der Waals surface area contributed by atoms with Crippen LogP contribution in [0.4, 0.5) is 5.69 Å². The molecule has 0 fully saturated rings. The molecule has 0 unspecified atom stereocenters. The molecule has 5 heteroatoms. The fourth-order valence-electron chi connectivity index (χ4n) is 1.40. The Hall–Kier alpha value is -1.36. The Morgan fingerprint density at radius 1 is 1.39 bits per heavy atom. The lowest BCUT2D eigenvalue weighted by Crippen LogP contribution is -2.29. The summed E-state index contributed by atoms with van der Waals surface area (Å²) in [5.74, 6) is -1.28. The van der Waals surface area contributed by atoms with Gasteiger partial charge in [-0.2, -0.15) is 0 Å². The summed E-state index contributed by atoms with van der Waals surface area (Å²) in [5.41, 5.74) is 0.612. The maximum absolute atomic E-state index is 11.7. The van der Waals surface area contributed by atoms with Crippen LogP contribution in [0.3, 0.4) is 0 Å². The lowest BCUT2D eigenvalue weighted by molar-refractivity contribution is -0.148. The number of carbonyl (C=O) groups is 2. The summed E-state index contributed by atoms with van der Waals surface area (Å²) in [7, 11) is 0. The van der Waals surface area contributed by atoms with Crippen LogP contribution in [0, 0.1) is 12.3 Å².